The van der Waals surface area contributed by atoms with Gasteiger partial charge in [0, 0.05) is 0 Å². The van der Waals surface area contributed by atoms with E-state index in [0.717, 1.165) is 81.5 Å². The SMILES string of the molecule is CCCCCCOC(=O)C(C)(CCCCCCI)C(=O)OC(CC)CCCCC. The number of esters is 2. The summed E-state index contributed by atoms with van der Waals surface area (Å²) in [6, 6.07) is 0. The maximum atomic E-state index is 13.0. The Morgan fingerprint density at radius 2 is 1.45 bits per heavy atom. The normalized spacial score (nSPS) is 14.2. The van der Waals surface area contributed by atoms with Crippen molar-refractivity contribution >= 4 is 34.5 Å². The highest BCUT2D eigenvalue weighted by Crippen LogP contribution is 2.30. The molecule has 0 aliphatic rings. The van der Waals surface area contributed by atoms with Gasteiger partial charge >= 0.3 is 11.9 Å². The molecule has 0 aliphatic carbocycles. The fourth-order valence-corrected chi connectivity index (χ4v) is 3.86. The van der Waals surface area contributed by atoms with Crippen LogP contribution in [0, 0.1) is 5.41 Å². The highest BCUT2D eigenvalue weighted by Gasteiger charge is 2.44. The Balaban J connectivity index is 4.88. The third kappa shape index (κ3) is 12.8. The molecule has 0 heterocycles. The van der Waals surface area contributed by atoms with Gasteiger partial charge in [-0.1, -0.05) is 94.7 Å². The van der Waals surface area contributed by atoms with Crippen LogP contribution in [0.2, 0.25) is 0 Å². The minimum Gasteiger partial charge on any atom is -0.465 e. The van der Waals surface area contributed by atoms with Crippen LogP contribution in [0.4, 0.5) is 0 Å². The zero-order chi connectivity index (χ0) is 22.0. The fraction of sp³-hybridized carbons (Fsp3) is 0.917. The van der Waals surface area contributed by atoms with E-state index in [1.165, 1.54) is 6.42 Å². The van der Waals surface area contributed by atoms with Crippen molar-refractivity contribution in [2.45, 2.75) is 124 Å². The first-order valence-corrected chi connectivity index (χ1v) is 13.4. The summed E-state index contributed by atoms with van der Waals surface area (Å²) >= 11 is 2.38. The molecule has 29 heavy (non-hydrogen) atoms. The van der Waals surface area contributed by atoms with Crippen molar-refractivity contribution < 1.29 is 19.1 Å². The highest BCUT2D eigenvalue weighted by atomic mass is 127. The van der Waals surface area contributed by atoms with E-state index in [0.29, 0.717) is 13.0 Å². The molecule has 0 aromatic rings. The molecule has 0 saturated carbocycles. The Morgan fingerprint density at radius 1 is 0.828 bits per heavy atom. The van der Waals surface area contributed by atoms with Crippen LogP contribution in [0.1, 0.15) is 118 Å². The average Bonchev–Trinajstić information content (AvgIpc) is 2.72. The number of ether oxygens (including phenoxy) is 2. The molecule has 5 heteroatoms. The third-order valence-corrected chi connectivity index (χ3v) is 6.31. The molecule has 0 radical (unpaired) electrons. The van der Waals surface area contributed by atoms with Gasteiger partial charge in [0.2, 0.25) is 0 Å². The number of rotatable bonds is 19. The van der Waals surface area contributed by atoms with Gasteiger partial charge in [-0.25, -0.2) is 0 Å². The van der Waals surface area contributed by atoms with Crippen molar-refractivity contribution in [3.05, 3.63) is 0 Å². The smallest absolute Gasteiger partial charge is 0.323 e. The topological polar surface area (TPSA) is 52.6 Å². The van der Waals surface area contributed by atoms with E-state index in [-0.39, 0.29) is 6.10 Å². The molecule has 0 N–H and O–H groups in total. The van der Waals surface area contributed by atoms with E-state index in [1.807, 2.05) is 6.92 Å². The molecule has 0 rings (SSSR count). The molecule has 0 amide bonds. The van der Waals surface area contributed by atoms with E-state index in [9.17, 15) is 9.59 Å². The largest absolute Gasteiger partial charge is 0.465 e. The van der Waals surface area contributed by atoms with E-state index in [1.54, 1.807) is 6.92 Å². The monoisotopic (exact) mass is 524 g/mol. The summed E-state index contributed by atoms with van der Waals surface area (Å²) in [7, 11) is 0. The molecule has 0 aromatic carbocycles. The molecule has 0 bridgehead atoms. The van der Waals surface area contributed by atoms with Gasteiger partial charge in [0.15, 0.2) is 5.41 Å². The zero-order valence-electron chi connectivity index (χ0n) is 19.4. The van der Waals surface area contributed by atoms with Crippen molar-refractivity contribution in [3.63, 3.8) is 0 Å². The molecule has 0 fully saturated rings. The maximum Gasteiger partial charge on any atom is 0.323 e. The number of alkyl halides is 1. The highest BCUT2D eigenvalue weighted by molar-refractivity contribution is 14.1. The molecule has 2 unspecified atom stereocenters. The molecule has 0 aliphatic heterocycles. The molecule has 0 saturated heterocycles. The van der Waals surface area contributed by atoms with Crippen LogP contribution < -0.4 is 0 Å². The quantitative estimate of drug-likeness (QED) is 0.0581. The zero-order valence-corrected chi connectivity index (χ0v) is 21.6. The third-order valence-electron chi connectivity index (χ3n) is 5.55. The van der Waals surface area contributed by atoms with Gasteiger partial charge in [-0.15, -0.1) is 0 Å². The van der Waals surface area contributed by atoms with E-state index >= 15 is 0 Å². The Bertz CT molecular complexity index is 427. The number of unbranched alkanes of at least 4 members (excludes halogenated alkanes) is 8. The van der Waals surface area contributed by atoms with Crippen LogP contribution in [-0.4, -0.2) is 29.1 Å². The van der Waals surface area contributed by atoms with Gasteiger partial charge in [0.1, 0.15) is 6.10 Å². The minimum absolute atomic E-state index is 0.107. The lowest BCUT2D eigenvalue weighted by molar-refractivity contribution is -0.175. The number of hydrogen-bond acceptors (Lipinski definition) is 4. The Morgan fingerprint density at radius 3 is 2.07 bits per heavy atom. The predicted molar refractivity (Wildman–Crippen MR) is 129 cm³/mol. The number of hydrogen-bond donors (Lipinski definition) is 0. The molecular weight excluding hydrogens is 479 g/mol. The summed E-state index contributed by atoms with van der Waals surface area (Å²) < 4.78 is 12.5. The summed E-state index contributed by atoms with van der Waals surface area (Å²) in [5, 5.41) is 0. The fourth-order valence-electron chi connectivity index (χ4n) is 3.32. The van der Waals surface area contributed by atoms with Crippen LogP contribution in [0.15, 0.2) is 0 Å². The second-order valence-electron chi connectivity index (χ2n) is 8.31. The van der Waals surface area contributed by atoms with Gasteiger partial charge in [-0.05, 0) is 49.9 Å². The summed E-state index contributed by atoms with van der Waals surface area (Å²) in [6.45, 7) is 8.47. The van der Waals surface area contributed by atoms with Crippen molar-refractivity contribution in [2.24, 2.45) is 5.41 Å². The summed E-state index contributed by atoms with van der Waals surface area (Å²) in [6.07, 6.45) is 13.8. The number of halogens is 1. The molecular formula is C24H45IO4. The van der Waals surface area contributed by atoms with Crippen molar-refractivity contribution in [2.75, 3.05) is 11.0 Å². The molecule has 2 atom stereocenters. The Hall–Kier alpha value is -0.330. The number of carbonyl (C=O) groups excluding carboxylic acids is 2. The maximum absolute atomic E-state index is 13.0. The van der Waals surface area contributed by atoms with Crippen LogP contribution in [0.5, 0.6) is 0 Å². The molecule has 172 valence electrons. The van der Waals surface area contributed by atoms with Gasteiger partial charge < -0.3 is 9.47 Å². The summed E-state index contributed by atoms with van der Waals surface area (Å²) in [5.41, 5.74) is -1.19. The lowest BCUT2D eigenvalue weighted by Crippen LogP contribution is -2.41. The standard InChI is InChI=1S/C24H45IO4/c1-5-8-10-16-20-28-22(26)24(4,18-14-11-12-15-19-25)23(27)29-21(7-3)17-13-9-6-2/h21H,5-20H2,1-4H3. The molecule has 0 spiro atoms. The van der Waals surface area contributed by atoms with Gasteiger partial charge in [-0.3, -0.25) is 9.59 Å². The van der Waals surface area contributed by atoms with E-state index in [2.05, 4.69) is 36.4 Å². The van der Waals surface area contributed by atoms with Crippen LogP contribution in [0.3, 0.4) is 0 Å². The first kappa shape index (κ1) is 28.7. The summed E-state index contributed by atoms with van der Waals surface area (Å²) in [4.78, 5) is 25.9. The van der Waals surface area contributed by atoms with Gasteiger partial charge in [0.25, 0.3) is 0 Å². The predicted octanol–water partition coefficient (Wildman–Crippen LogP) is 7.40. The van der Waals surface area contributed by atoms with E-state index in [4.69, 9.17) is 9.47 Å². The van der Waals surface area contributed by atoms with Crippen LogP contribution in [0.25, 0.3) is 0 Å². The van der Waals surface area contributed by atoms with Crippen molar-refractivity contribution in [3.8, 4) is 0 Å². The van der Waals surface area contributed by atoms with Gasteiger partial charge in [0.05, 0.1) is 6.61 Å². The number of carbonyl (C=O) groups is 2. The lowest BCUT2D eigenvalue weighted by atomic mass is 9.84. The second kappa shape index (κ2) is 18.4. The first-order valence-electron chi connectivity index (χ1n) is 11.9. The molecule has 4 nitrogen and oxygen atoms in total. The van der Waals surface area contributed by atoms with Gasteiger partial charge in [-0.2, -0.15) is 0 Å². The minimum atomic E-state index is -1.19. The van der Waals surface area contributed by atoms with Crippen LogP contribution >= 0.6 is 22.6 Å². The van der Waals surface area contributed by atoms with Crippen molar-refractivity contribution in [1.82, 2.24) is 0 Å². The average molecular weight is 525 g/mol. The Kier molecular flexibility index (Phi) is 18.2. The lowest BCUT2D eigenvalue weighted by Gasteiger charge is -2.28. The molecule has 0 aromatic heterocycles. The first-order chi connectivity index (χ1) is 14.0. The van der Waals surface area contributed by atoms with E-state index < -0.39 is 17.4 Å². The van der Waals surface area contributed by atoms with Crippen molar-refractivity contribution in [1.29, 1.82) is 0 Å². The Labute approximate surface area is 193 Å². The second-order valence-corrected chi connectivity index (χ2v) is 9.39. The van der Waals surface area contributed by atoms with Crippen LogP contribution in [-0.2, 0) is 19.1 Å². The summed E-state index contributed by atoms with van der Waals surface area (Å²) in [5.74, 6) is -0.801.